The van der Waals surface area contributed by atoms with E-state index in [0.29, 0.717) is 25.1 Å². The molecule has 1 aromatic rings. The van der Waals surface area contributed by atoms with Crippen molar-refractivity contribution in [1.29, 1.82) is 0 Å². The number of alkyl carbamates (subject to hydrolysis) is 1. The number of carbonyl (C=O) groups excluding carboxylic acids is 3. The van der Waals surface area contributed by atoms with Gasteiger partial charge in [-0.15, -0.1) is 0 Å². The van der Waals surface area contributed by atoms with Gasteiger partial charge < -0.3 is 35.3 Å². The molecule has 1 aromatic carbocycles. The summed E-state index contributed by atoms with van der Waals surface area (Å²) in [7, 11) is 2.61. The summed E-state index contributed by atoms with van der Waals surface area (Å²) in [5.41, 5.74) is 4.73. The van der Waals surface area contributed by atoms with Crippen molar-refractivity contribution >= 4 is 35.4 Å². The first-order valence-corrected chi connectivity index (χ1v) is 13.0. The molecule has 14 heteroatoms. The molecule has 0 aliphatic heterocycles. The van der Waals surface area contributed by atoms with Gasteiger partial charge in [0, 0.05) is 36.1 Å². The zero-order valence-corrected chi connectivity index (χ0v) is 23.5. The minimum absolute atomic E-state index is 0.0665. The van der Waals surface area contributed by atoms with E-state index in [4.69, 9.17) is 24.7 Å². The molecule has 1 rings (SSSR count). The van der Waals surface area contributed by atoms with Crippen LogP contribution in [0.3, 0.4) is 0 Å². The molecule has 0 radical (unpaired) electrons. The maximum Gasteiger partial charge on any atom is 0.408 e. The number of amides is 2. The molecule has 0 spiro atoms. The fourth-order valence-corrected chi connectivity index (χ4v) is 4.20. The average molecular weight is 559 g/mol. The molecular formula is C24H38N4O9S. The number of nitrogens with zero attached hydrogens (tertiary/aromatic N) is 1. The van der Waals surface area contributed by atoms with E-state index >= 15 is 0 Å². The van der Waals surface area contributed by atoms with Crippen molar-refractivity contribution in [1.82, 2.24) is 10.6 Å². The highest BCUT2D eigenvalue weighted by Gasteiger charge is 2.28. The summed E-state index contributed by atoms with van der Waals surface area (Å²) in [6, 6.07) is 1.75. The van der Waals surface area contributed by atoms with Gasteiger partial charge in [-0.3, -0.25) is 14.9 Å². The zero-order valence-electron chi connectivity index (χ0n) is 22.7. The molecule has 0 aromatic heterocycles. The van der Waals surface area contributed by atoms with E-state index in [9.17, 15) is 24.5 Å². The summed E-state index contributed by atoms with van der Waals surface area (Å²) in [6.07, 6.45) is -0.178. The van der Waals surface area contributed by atoms with Crippen molar-refractivity contribution < 1.29 is 38.3 Å². The maximum absolute atomic E-state index is 12.2. The van der Waals surface area contributed by atoms with Crippen molar-refractivity contribution in [3.05, 3.63) is 27.8 Å². The van der Waals surface area contributed by atoms with E-state index in [1.807, 2.05) is 0 Å². The highest BCUT2D eigenvalue weighted by atomic mass is 32.2. The van der Waals surface area contributed by atoms with Crippen LogP contribution in [0, 0.1) is 10.1 Å². The molecule has 4 N–H and O–H groups in total. The molecule has 0 aliphatic rings. The van der Waals surface area contributed by atoms with Crippen LogP contribution < -0.4 is 25.8 Å². The van der Waals surface area contributed by atoms with Gasteiger partial charge in [-0.05, 0) is 40.2 Å². The Balaban J connectivity index is 2.97. The van der Waals surface area contributed by atoms with E-state index in [1.54, 1.807) is 27.7 Å². The molecule has 2 atom stereocenters. The molecule has 0 saturated heterocycles. The van der Waals surface area contributed by atoms with E-state index in [0.717, 1.165) is 0 Å². The minimum Gasteiger partial charge on any atom is -0.493 e. The Bertz CT molecular complexity index is 969. The second-order valence-corrected chi connectivity index (χ2v) is 10.5. The molecule has 0 bridgehead atoms. The number of benzene rings is 1. The number of nitrogens with one attached hydrogen (secondary N) is 2. The van der Waals surface area contributed by atoms with Gasteiger partial charge in [-0.2, -0.15) is 11.8 Å². The standard InChI is InChI=1S/C24H38N4O9S/c1-15(38-14-17(22(30)35-6)27-23(31)37-24(2,3)4)16-12-19(34-5)20(13-18(16)28(32)33)36-11-7-8-21(29)26-10-9-25/h12-13,15,17H,7-11,14,25H2,1-6H3,(H,26,29)(H,27,31). The second-order valence-electron chi connectivity index (χ2n) is 9.11. The third kappa shape index (κ3) is 11.4. The van der Waals surface area contributed by atoms with E-state index in [1.165, 1.54) is 38.1 Å². The molecule has 13 nitrogen and oxygen atoms in total. The monoisotopic (exact) mass is 558 g/mol. The Kier molecular flexibility index (Phi) is 13.7. The van der Waals surface area contributed by atoms with Gasteiger partial charge in [0.25, 0.3) is 5.69 Å². The van der Waals surface area contributed by atoms with E-state index in [-0.39, 0.29) is 41.9 Å². The molecule has 2 unspecified atom stereocenters. The zero-order chi connectivity index (χ0) is 28.9. The number of carbonyl (C=O) groups is 3. The Morgan fingerprint density at radius 1 is 1.18 bits per heavy atom. The number of nitrogens with two attached hydrogens (primary N) is 1. The second kappa shape index (κ2) is 15.9. The molecular weight excluding hydrogens is 520 g/mol. The predicted octanol–water partition coefficient (Wildman–Crippen LogP) is 2.70. The highest BCUT2D eigenvalue weighted by molar-refractivity contribution is 7.99. The van der Waals surface area contributed by atoms with Gasteiger partial charge in [-0.25, -0.2) is 9.59 Å². The van der Waals surface area contributed by atoms with Crippen LogP contribution in [0.1, 0.15) is 51.3 Å². The normalized spacial score (nSPS) is 12.6. The van der Waals surface area contributed by atoms with Crippen molar-refractivity contribution in [2.24, 2.45) is 5.73 Å². The fraction of sp³-hybridized carbons (Fsp3) is 0.625. The summed E-state index contributed by atoms with van der Waals surface area (Å²) >= 11 is 1.20. The lowest BCUT2D eigenvalue weighted by Gasteiger charge is -2.23. The van der Waals surface area contributed by atoms with Crippen molar-refractivity contribution in [3.63, 3.8) is 0 Å². The van der Waals surface area contributed by atoms with Crippen molar-refractivity contribution in [2.75, 3.05) is 39.7 Å². The average Bonchev–Trinajstić information content (AvgIpc) is 2.85. The molecule has 0 saturated carbocycles. The van der Waals surface area contributed by atoms with Crippen LogP contribution in [0.25, 0.3) is 0 Å². The maximum atomic E-state index is 12.2. The van der Waals surface area contributed by atoms with Crippen molar-refractivity contribution in [3.8, 4) is 11.5 Å². The van der Waals surface area contributed by atoms with Gasteiger partial charge in [0.2, 0.25) is 5.91 Å². The van der Waals surface area contributed by atoms with E-state index < -0.39 is 33.9 Å². The van der Waals surface area contributed by atoms with Crippen LogP contribution in [0.15, 0.2) is 12.1 Å². The molecule has 0 fully saturated rings. The number of nitro groups is 1. The molecule has 38 heavy (non-hydrogen) atoms. The van der Waals surface area contributed by atoms with Crippen LogP contribution in [0.5, 0.6) is 11.5 Å². The van der Waals surface area contributed by atoms with Crippen LogP contribution in [-0.4, -0.2) is 74.2 Å². The van der Waals surface area contributed by atoms with Crippen LogP contribution in [0.4, 0.5) is 10.5 Å². The summed E-state index contributed by atoms with van der Waals surface area (Å²) < 4.78 is 21.0. The summed E-state index contributed by atoms with van der Waals surface area (Å²) in [6.45, 7) is 7.67. The van der Waals surface area contributed by atoms with Crippen LogP contribution in [0.2, 0.25) is 0 Å². The number of ether oxygens (including phenoxy) is 4. The SMILES string of the molecule is COC(=O)C(CSC(C)c1cc(OC)c(OCCCC(=O)NCCN)cc1[N+](=O)[O-])NC(=O)OC(C)(C)C. The third-order valence-corrected chi connectivity index (χ3v) is 6.19. The number of methoxy groups -OCH3 is 2. The molecule has 0 aliphatic carbocycles. The number of thioether (sulfide) groups is 1. The first kappa shape index (κ1) is 32.8. The number of hydrogen-bond donors (Lipinski definition) is 3. The van der Waals surface area contributed by atoms with Gasteiger partial charge in [0.1, 0.15) is 11.6 Å². The van der Waals surface area contributed by atoms with Crippen LogP contribution >= 0.6 is 11.8 Å². The number of hydrogen-bond acceptors (Lipinski definition) is 11. The number of rotatable bonds is 15. The lowest BCUT2D eigenvalue weighted by atomic mass is 10.1. The number of esters is 1. The first-order chi connectivity index (χ1) is 17.8. The predicted molar refractivity (Wildman–Crippen MR) is 142 cm³/mol. The molecule has 0 heterocycles. The fourth-order valence-electron chi connectivity index (χ4n) is 3.13. The lowest BCUT2D eigenvalue weighted by molar-refractivity contribution is -0.385. The lowest BCUT2D eigenvalue weighted by Crippen LogP contribution is -2.45. The van der Waals surface area contributed by atoms with Gasteiger partial charge in [0.15, 0.2) is 11.5 Å². The highest BCUT2D eigenvalue weighted by Crippen LogP contribution is 2.41. The molecule has 2 amide bonds. The summed E-state index contributed by atoms with van der Waals surface area (Å²) in [5, 5.41) is 16.5. The molecule has 214 valence electrons. The Morgan fingerprint density at radius 3 is 2.42 bits per heavy atom. The van der Waals surface area contributed by atoms with Crippen molar-refractivity contribution in [2.45, 2.75) is 57.4 Å². The third-order valence-electron chi connectivity index (χ3n) is 4.91. The number of nitro benzene ring substituents is 1. The van der Waals surface area contributed by atoms with E-state index in [2.05, 4.69) is 10.6 Å². The Hall–Kier alpha value is -3.26. The summed E-state index contributed by atoms with van der Waals surface area (Å²) in [4.78, 5) is 47.4. The largest absolute Gasteiger partial charge is 0.493 e. The van der Waals surface area contributed by atoms with Gasteiger partial charge in [-0.1, -0.05) is 0 Å². The van der Waals surface area contributed by atoms with Gasteiger partial charge >= 0.3 is 12.1 Å². The Labute approximate surface area is 226 Å². The topological polar surface area (TPSA) is 181 Å². The van der Waals surface area contributed by atoms with Crippen LogP contribution in [-0.2, 0) is 19.1 Å². The smallest absolute Gasteiger partial charge is 0.408 e. The van der Waals surface area contributed by atoms with Gasteiger partial charge in [0.05, 0.1) is 31.8 Å². The first-order valence-electron chi connectivity index (χ1n) is 12.0. The quantitative estimate of drug-likeness (QED) is 0.125. The minimum atomic E-state index is -1.03. The Morgan fingerprint density at radius 2 is 1.87 bits per heavy atom. The summed E-state index contributed by atoms with van der Waals surface area (Å²) in [5.74, 6) is -0.326.